The van der Waals surface area contributed by atoms with E-state index in [0.29, 0.717) is 18.3 Å². The van der Waals surface area contributed by atoms with E-state index in [1.807, 2.05) is 36.0 Å². The largest absolute Gasteiger partial charge is 0.342 e. The number of nitrogens with zero attached hydrogens (tertiary/aromatic N) is 3. The van der Waals surface area contributed by atoms with Crippen LogP contribution in [0.3, 0.4) is 0 Å². The van der Waals surface area contributed by atoms with Gasteiger partial charge in [0.2, 0.25) is 5.89 Å². The first kappa shape index (κ1) is 8.96. The number of rotatable bonds is 3. The van der Waals surface area contributed by atoms with Crippen LogP contribution >= 0.6 is 0 Å². The monoisotopic (exact) mass is 192 g/mol. The second-order valence-corrected chi connectivity index (χ2v) is 3.06. The maximum Gasteiger partial charge on any atom is 0.249 e. The van der Waals surface area contributed by atoms with Crippen molar-refractivity contribution in [3.05, 3.63) is 36.2 Å². The van der Waals surface area contributed by atoms with E-state index >= 15 is 0 Å². The van der Waals surface area contributed by atoms with Crippen LogP contribution in [-0.4, -0.2) is 14.7 Å². The van der Waals surface area contributed by atoms with Crippen LogP contribution in [0.25, 0.3) is 0 Å². The molecule has 0 saturated carbocycles. The Hall–Kier alpha value is -1.62. The van der Waals surface area contributed by atoms with Gasteiger partial charge in [0.1, 0.15) is 6.04 Å². The summed E-state index contributed by atoms with van der Waals surface area (Å²) in [7, 11) is 0. The molecule has 0 radical (unpaired) electrons. The van der Waals surface area contributed by atoms with Crippen molar-refractivity contribution >= 4 is 0 Å². The van der Waals surface area contributed by atoms with Crippen molar-refractivity contribution in [2.24, 2.45) is 5.73 Å². The van der Waals surface area contributed by atoms with Gasteiger partial charge in [-0.2, -0.15) is 4.98 Å². The third kappa shape index (κ3) is 1.54. The summed E-state index contributed by atoms with van der Waals surface area (Å²) < 4.78 is 7.07. The van der Waals surface area contributed by atoms with Gasteiger partial charge in [0.25, 0.3) is 0 Å². The Bertz CT molecular complexity index is 393. The minimum Gasteiger partial charge on any atom is -0.342 e. The Labute approximate surface area is 81.5 Å². The molecule has 0 fully saturated rings. The summed E-state index contributed by atoms with van der Waals surface area (Å²) in [5, 5.41) is 3.74. The molecule has 2 rings (SSSR count). The normalized spacial score (nSPS) is 13.0. The Morgan fingerprint density at radius 1 is 1.50 bits per heavy atom. The maximum atomic E-state index is 5.39. The molecule has 2 aromatic heterocycles. The summed E-state index contributed by atoms with van der Waals surface area (Å²) in [5.41, 5.74) is 5.39. The molecule has 0 spiro atoms. The number of hydrogen-bond donors (Lipinski definition) is 1. The highest BCUT2D eigenvalue weighted by atomic mass is 16.5. The molecule has 0 bridgehead atoms. The fourth-order valence-corrected chi connectivity index (χ4v) is 1.25. The van der Waals surface area contributed by atoms with Gasteiger partial charge < -0.3 is 14.8 Å². The minimum absolute atomic E-state index is 0.0535. The quantitative estimate of drug-likeness (QED) is 0.785. The standard InChI is InChI=1S/C9H12N4O/c1-7(13-4-2-3-5-13)9-11-8(6-10)12-14-9/h2-5,7H,6,10H2,1H3/t7-/m1/s1. The topological polar surface area (TPSA) is 69.9 Å². The summed E-state index contributed by atoms with van der Waals surface area (Å²) in [4.78, 5) is 4.16. The lowest BCUT2D eigenvalue weighted by Gasteiger charge is -2.07. The first-order valence-corrected chi connectivity index (χ1v) is 4.46. The first-order valence-electron chi connectivity index (χ1n) is 4.46. The molecule has 74 valence electrons. The molecule has 5 nitrogen and oxygen atoms in total. The molecule has 2 aromatic rings. The van der Waals surface area contributed by atoms with Gasteiger partial charge in [0.05, 0.1) is 6.54 Å². The number of nitrogens with two attached hydrogens (primary N) is 1. The highest BCUT2D eigenvalue weighted by Gasteiger charge is 2.13. The van der Waals surface area contributed by atoms with Gasteiger partial charge >= 0.3 is 0 Å². The fraction of sp³-hybridized carbons (Fsp3) is 0.333. The van der Waals surface area contributed by atoms with E-state index in [0.717, 1.165) is 0 Å². The fourth-order valence-electron chi connectivity index (χ4n) is 1.25. The minimum atomic E-state index is 0.0535. The first-order chi connectivity index (χ1) is 6.81. The van der Waals surface area contributed by atoms with E-state index in [4.69, 9.17) is 10.3 Å². The van der Waals surface area contributed by atoms with Crippen molar-refractivity contribution in [1.29, 1.82) is 0 Å². The van der Waals surface area contributed by atoms with Gasteiger partial charge in [-0.1, -0.05) is 5.16 Å². The zero-order valence-electron chi connectivity index (χ0n) is 7.92. The lowest BCUT2D eigenvalue weighted by Crippen LogP contribution is -2.05. The summed E-state index contributed by atoms with van der Waals surface area (Å²) in [5.74, 6) is 1.13. The summed E-state index contributed by atoms with van der Waals surface area (Å²) in [6.45, 7) is 2.30. The van der Waals surface area contributed by atoms with Crippen LogP contribution in [0.4, 0.5) is 0 Å². The molecule has 0 unspecified atom stereocenters. The molecule has 0 amide bonds. The molecule has 0 aliphatic rings. The van der Waals surface area contributed by atoms with Crippen LogP contribution in [0.5, 0.6) is 0 Å². The molecule has 0 aliphatic heterocycles. The third-order valence-corrected chi connectivity index (χ3v) is 2.10. The average Bonchev–Trinajstić information content (AvgIpc) is 2.88. The van der Waals surface area contributed by atoms with E-state index in [-0.39, 0.29) is 6.04 Å². The molecule has 2 N–H and O–H groups in total. The van der Waals surface area contributed by atoms with E-state index < -0.39 is 0 Å². The van der Waals surface area contributed by atoms with Crippen LogP contribution in [-0.2, 0) is 6.54 Å². The van der Waals surface area contributed by atoms with Gasteiger partial charge in [-0.05, 0) is 19.1 Å². The summed E-state index contributed by atoms with van der Waals surface area (Å²) in [6.07, 6.45) is 3.91. The van der Waals surface area contributed by atoms with Gasteiger partial charge in [-0.25, -0.2) is 0 Å². The van der Waals surface area contributed by atoms with Crippen molar-refractivity contribution < 1.29 is 4.52 Å². The molecule has 0 aromatic carbocycles. The van der Waals surface area contributed by atoms with Gasteiger partial charge in [-0.3, -0.25) is 0 Å². The molecular weight excluding hydrogens is 180 g/mol. The van der Waals surface area contributed by atoms with E-state index in [9.17, 15) is 0 Å². The van der Waals surface area contributed by atoms with Crippen molar-refractivity contribution in [2.45, 2.75) is 19.5 Å². The van der Waals surface area contributed by atoms with Crippen molar-refractivity contribution in [3.63, 3.8) is 0 Å². The second-order valence-electron chi connectivity index (χ2n) is 3.06. The van der Waals surface area contributed by atoms with Gasteiger partial charge in [0.15, 0.2) is 5.82 Å². The molecule has 0 aliphatic carbocycles. The summed E-state index contributed by atoms with van der Waals surface area (Å²) in [6, 6.07) is 3.96. The van der Waals surface area contributed by atoms with Crippen molar-refractivity contribution in [3.8, 4) is 0 Å². The maximum absolute atomic E-state index is 5.39. The van der Waals surface area contributed by atoms with Crippen molar-refractivity contribution in [2.75, 3.05) is 0 Å². The predicted molar refractivity (Wildman–Crippen MR) is 50.4 cm³/mol. The Morgan fingerprint density at radius 3 is 2.79 bits per heavy atom. The van der Waals surface area contributed by atoms with Crippen LogP contribution < -0.4 is 5.73 Å². The zero-order valence-corrected chi connectivity index (χ0v) is 7.92. The Morgan fingerprint density at radius 2 is 2.21 bits per heavy atom. The third-order valence-electron chi connectivity index (χ3n) is 2.10. The zero-order chi connectivity index (χ0) is 9.97. The van der Waals surface area contributed by atoms with Crippen molar-refractivity contribution in [1.82, 2.24) is 14.7 Å². The Balaban J connectivity index is 2.23. The van der Waals surface area contributed by atoms with Gasteiger partial charge in [0, 0.05) is 12.4 Å². The van der Waals surface area contributed by atoms with Gasteiger partial charge in [-0.15, -0.1) is 0 Å². The highest BCUT2D eigenvalue weighted by Crippen LogP contribution is 2.15. The molecular formula is C9H12N4O. The SMILES string of the molecule is C[C@H](c1nc(CN)no1)n1cccc1. The average molecular weight is 192 g/mol. The molecule has 0 saturated heterocycles. The van der Waals surface area contributed by atoms with Crippen LogP contribution in [0, 0.1) is 0 Å². The van der Waals surface area contributed by atoms with E-state index in [1.165, 1.54) is 0 Å². The lowest BCUT2D eigenvalue weighted by molar-refractivity contribution is 0.342. The molecule has 2 heterocycles. The summed E-state index contributed by atoms with van der Waals surface area (Å²) >= 11 is 0. The van der Waals surface area contributed by atoms with Crippen LogP contribution in [0.15, 0.2) is 29.0 Å². The lowest BCUT2D eigenvalue weighted by atomic mass is 10.3. The molecule has 14 heavy (non-hydrogen) atoms. The second kappa shape index (κ2) is 3.63. The molecule has 5 heteroatoms. The number of aromatic nitrogens is 3. The van der Waals surface area contributed by atoms with E-state index in [1.54, 1.807) is 0 Å². The highest BCUT2D eigenvalue weighted by molar-refractivity contribution is 4.99. The van der Waals surface area contributed by atoms with E-state index in [2.05, 4.69) is 10.1 Å². The molecule has 1 atom stereocenters. The Kier molecular flexibility index (Phi) is 2.32. The number of hydrogen-bond acceptors (Lipinski definition) is 4. The smallest absolute Gasteiger partial charge is 0.249 e. The van der Waals surface area contributed by atoms with Crippen LogP contribution in [0.1, 0.15) is 24.7 Å². The van der Waals surface area contributed by atoms with Crippen LogP contribution in [0.2, 0.25) is 0 Å². The predicted octanol–water partition coefficient (Wildman–Crippen LogP) is 0.939.